The second kappa shape index (κ2) is 44.8. The van der Waals surface area contributed by atoms with Crippen LogP contribution < -0.4 is 5.32 Å². The molecule has 0 saturated heterocycles. The largest absolute Gasteiger partial charge is 0.466 e. The number of aliphatic hydroxyl groups is 2. The number of rotatable bonds is 43. The average Bonchev–Trinajstić information content (AvgIpc) is 3.18. The highest BCUT2D eigenvalue weighted by molar-refractivity contribution is 5.76. The molecule has 1 amide bonds. The number of amides is 1. The number of hydrogen-bond donors (Lipinski definition) is 3. The molecular formula is C49H91NO5. The summed E-state index contributed by atoms with van der Waals surface area (Å²) in [6.45, 7) is 4.78. The molecule has 0 spiro atoms. The molecule has 0 heterocycles. The van der Waals surface area contributed by atoms with Crippen LogP contribution in [0.4, 0.5) is 0 Å². The first kappa shape index (κ1) is 53.1. The number of carbonyl (C=O) groups excluding carboxylic acids is 2. The quantitative estimate of drug-likeness (QED) is 0.0326. The third-order valence-corrected chi connectivity index (χ3v) is 10.6. The maximum absolute atomic E-state index is 12.3. The minimum absolute atomic E-state index is 0.0144. The zero-order valence-corrected chi connectivity index (χ0v) is 36.4. The molecule has 0 aliphatic heterocycles. The van der Waals surface area contributed by atoms with E-state index in [0.717, 1.165) is 57.8 Å². The predicted octanol–water partition coefficient (Wildman–Crippen LogP) is 13.7. The molecule has 0 aromatic rings. The fourth-order valence-corrected chi connectivity index (χ4v) is 6.96. The maximum atomic E-state index is 12.3. The van der Waals surface area contributed by atoms with Gasteiger partial charge in [-0.15, -0.1) is 0 Å². The first-order valence-electron chi connectivity index (χ1n) is 23.8. The summed E-state index contributed by atoms with van der Waals surface area (Å²) in [5, 5.41) is 22.9. The van der Waals surface area contributed by atoms with Gasteiger partial charge in [-0.1, -0.05) is 204 Å². The van der Waals surface area contributed by atoms with Crippen molar-refractivity contribution in [2.45, 2.75) is 251 Å². The van der Waals surface area contributed by atoms with Crippen LogP contribution in [0.25, 0.3) is 0 Å². The fourth-order valence-electron chi connectivity index (χ4n) is 6.96. The van der Waals surface area contributed by atoms with Gasteiger partial charge >= 0.3 is 5.97 Å². The van der Waals surface area contributed by atoms with Crippen LogP contribution >= 0.6 is 0 Å². The van der Waals surface area contributed by atoms with Crippen molar-refractivity contribution in [3.8, 4) is 0 Å². The summed E-state index contributed by atoms with van der Waals surface area (Å²) in [7, 11) is 0. The molecule has 6 nitrogen and oxygen atoms in total. The van der Waals surface area contributed by atoms with E-state index in [2.05, 4.69) is 43.5 Å². The van der Waals surface area contributed by atoms with Gasteiger partial charge in [0.2, 0.25) is 5.91 Å². The molecule has 0 aromatic carbocycles. The molecule has 322 valence electrons. The second-order valence-electron chi connectivity index (χ2n) is 16.1. The summed E-state index contributed by atoms with van der Waals surface area (Å²) < 4.78 is 5.44. The molecule has 0 fully saturated rings. The zero-order chi connectivity index (χ0) is 40.1. The van der Waals surface area contributed by atoms with Gasteiger partial charge in [0.15, 0.2) is 0 Å². The van der Waals surface area contributed by atoms with Gasteiger partial charge < -0.3 is 20.3 Å². The van der Waals surface area contributed by atoms with E-state index in [1.54, 1.807) is 6.08 Å². The van der Waals surface area contributed by atoms with Gasteiger partial charge in [0.1, 0.15) is 0 Å². The molecule has 0 aliphatic rings. The van der Waals surface area contributed by atoms with Crippen molar-refractivity contribution in [2.75, 3.05) is 13.2 Å². The second-order valence-corrected chi connectivity index (χ2v) is 16.1. The molecule has 55 heavy (non-hydrogen) atoms. The molecule has 2 atom stereocenters. The van der Waals surface area contributed by atoms with Crippen LogP contribution in [-0.4, -0.2) is 47.4 Å². The molecule has 2 unspecified atom stereocenters. The maximum Gasteiger partial charge on any atom is 0.305 e. The number of aliphatic hydroxyl groups excluding tert-OH is 2. The van der Waals surface area contributed by atoms with Gasteiger partial charge in [-0.3, -0.25) is 9.59 Å². The highest BCUT2D eigenvalue weighted by Gasteiger charge is 2.18. The van der Waals surface area contributed by atoms with E-state index in [4.69, 9.17) is 4.74 Å². The minimum Gasteiger partial charge on any atom is -0.466 e. The molecule has 6 heteroatoms. The predicted molar refractivity (Wildman–Crippen MR) is 236 cm³/mol. The summed E-state index contributed by atoms with van der Waals surface area (Å²) >= 11 is 0. The summed E-state index contributed by atoms with van der Waals surface area (Å²) in [4.78, 5) is 24.3. The summed E-state index contributed by atoms with van der Waals surface area (Å²) in [5.74, 6) is -0.0937. The van der Waals surface area contributed by atoms with E-state index in [1.165, 1.54) is 154 Å². The van der Waals surface area contributed by atoms with Gasteiger partial charge in [-0.25, -0.2) is 0 Å². The number of esters is 1. The minimum atomic E-state index is -0.847. The van der Waals surface area contributed by atoms with E-state index >= 15 is 0 Å². The lowest BCUT2D eigenvalue weighted by molar-refractivity contribution is -0.143. The zero-order valence-electron chi connectivity index (χ0n) is 36.4. The average molecular weight is 774 g/mol. The summed E-state index contributed by atoms with van der Waals surface area (Å²) in [6, 6.07) is -0.631. The number of carbonyl (C=O) groups is 2. The number of allylic oxidation sites excluding steroid dienone is 5. The Morgan fingerprint density at radius 2 is 0.945 bits per heavy atom. The van der Waals surface area contributed by atoms with Crippen molar-refractivity contribution in [3.63, 3.8) is 0 Å². The summed E-state index contributed by atoms with van der Waals surface area (Å²) in [5.41, 5.74) is 0. The van der Waals surface area contributed by atoms with Crippen molar-refractivity contribution in [3.05, 3.63) is 36.5 Å². The fraction of sp³-hybridized carbons (Fsp3) is 0.837. The lowest BCUT2D eigenvalue weighted by Crippen LogP contribution is -2.45. The molecule has 0 radical (unpaired) electrons. The Bertz CT molecular complexity index is 900. The first-order chi connectivity index (χ1) is 27.0. The third kappa shape index (κ3) is 41.5. The number of hydrogen-bond acceptors (Lipinski definition) is 5. The summed E-state index contributed by atoms with van der Waals surface area (Å²) in [6.07, 6.45) is 52.8. The van der Waals surface area contributed by atoms with E-state index in [9.17, 15) is 19.8 Å². The SMILES string of the molecule is CCC/C=C\C/C=C\CCCCCCCC(=O)OCCCCCCCCCCCCCCCCCCC(=O)NC(CO)C(O)/C=C/CCCCCCCCC. The molecule has 0 aromatic heterocycles. The Labute approximate surface area is 341 Å². The van der Waals surface area contributed by atoms with Crippen molar-refractivity contribution >= 4 is 11.9 Å². The van der Waals surface area contributed by atoms with E-state index < -0.39 is 12.1 Å². The van der Waals surface area contributed by atoms with E-state index in [0.29, 0.717) is 19.4 Å². The van der Waals surface area contributed by atoms with Crippen LogP contribution in [0.2, 0.25) is 0 Å². The van der Waals surface area contributed by atoms with E-state index in [1.807, 2.05) is 6.08 Å². The van der Waals surface area contributed by atoms with Crippen LogP contribution in [0.1, 0.15) is 239 Å². The van der Waals surface area contributed by atoms with Crippen molar-refractivity contribution in [2.24, 2.45) is 0 Å². The van der Waals surface area contributed by atoms with Crippen molar-refractivity contribution < 1.29 is 24.5 Å². The third-order valence-electron chi connectivity index (χ3n) is 10.6. The Hall–Kier alpha value is -1.92. The molecule has 0 rings (SSSR count). The lowest BCUT2D eigenvalue weighted by atomic mass is 10.0. The van der Waals surface area contributed by atoms with Gasteiger partial charge in [0.05, 0.1) is 25.4 Å². The Balaban J connectivity index is 3.44. The topological polar surface area (TPSA) is 95.9 Å². The molecule has 0 aliphatic carbocycles. The van der Waals surface area contributed by atoms with Gasteiger partial charge in [0.25, 0.3) is 0 Å². The Morgan fingerprint density at radius 1 is 0.509 bits per heavy atom. The normalized spacial score (nSPS) is 13.0. The van der Waals surface area contributed by atoms with Crippen molar-refractivity contribution in [1.29, 1.82) is 0 Å². The number of ether oxygens (including phenoxy) is 1. The monoisotopic (exact) mass is 774 g/mol. The highest BCUT2D eigenvalue weighted by atomic mass is 16.5. The Morgan fingerprint density at radius 3 is 1.45 bits per heavy atom. The number of nitrogens with one attached hydrogen (secondary N) is 1. The first-order valence-corrected chi connectivity index (χ1v) is 23.8. The molecule has 3 N–H and O–H groups in total. The van der Waals surface area contributed by atoms with Crippen LogP contribution in [0.3, 0.4) is 0 Å². The van der Waals surface area contributed by atoms with E-state index in [-0.39, 0.29) is 18.5 Å². The van der Waals surface area contributed by atoms with Gasteiger partial charge in [0, 0.05) is 12.8 Å². The molecular weight excluding hydrogens is 683 g/mol. The van der Waals surface area contributed by atoms with Crippen LogP contribution in [0, 0.1) is 0 Å². The van der Waals surface area contributed by atoms with Crippen LogP contribution in [0.5, 0.6) is 0 Å². The standard InChI is InChI=1S/C49H91NO5/c1-3-5-7-9-11-13-14-19-23-27-31-35-39-43-49(54)55-44-40-36-32-28-24-21-18-16-15-17-20-22-26-30-34-38-42-48(53)50-46(45-51)47(52)41-37-33-29-25-12-10-8-6-4-2/h7,9,13-14,37,41,46-47,51-52H,3-6,8,10-12,15-36,38-40,42-45H2,1-2H3,(H,50,53)/b9-7-,14-13-,41-37+. The lowest BCUT2D eigenvalue weighted by Gasteiger charge is -2.20. The molecule has 0 bridgehead atoms. The van der Waals surface area contributed by atoms with Crippen molar-refractivity contribution in [1.82, 2.24) is 5.32 Å². The molecule has 0 saturated carbocycles. The van der Waals surface area contributed by atoms with Crippen LogP contribution in [0.15, 0.2) is 36.5 Å². The Kier molecular flexibility index (Phi) is 43.2. The van der Waals surface area contributed by atoms with Crippen LogP contribution in [-0.2, 0) is 14.3 Å². The smallest absolute Gasteiger partial charge is 0.305 e. The highest BCUT2D eigenvalue weighted by Crippen LogP contribution is 2.15. The van der Waals surface area contributed by atoms with Gasteiger partial charge in [-0.05, 0) is 57.8 Å². The number of unbranched alkanes of at least 4 members (excludes halogenated alkanes) is 28. The van der Waals surface area contributed by atoms with Gasteiger partial charge in [-0.2, -0.15) is 0 Å².